The maximum atomic E-state index is 13.1. The second-order valence-corrected chi connectivity index (χ2v) is 11.8. The average Bonchev–Trinajstić information content (AvgIpc) is 3.09. The van der Waals surface area contributed by atoms with Crippen molar-refractivity contribution in [3.8, 4) is 0 Å². The number of ether oxygens (including phenoxy) is 9. The van der Waals surface area contributed by atoms with Crippen LogP contribution in [-0.2, 0) is 57.0 Å². The van der Waals surface area contributed by atoms with Gasteiger partial charge >= 0.3 is 17.9 Å². The zero-order chi connectivity index (χ0) is 35.9. The second-order valence-electron chi connectivity index (χ2n) is 11.8. The van der Waals surface area contributed by atoms with Gasteiger partial charge in [0.1, 0.15) is 37.1 Å². The molecular weight excluding hydrogens is 646 g/mol. The van der Waals surface area contributed by atoms with Crippen molar-refractivity contribution in [2.24, 2.45) is 0 Å². The molecule has 2 saturated heterocycles. The number of Topliss-reactive ketones (excluding diaryl/α,β-unsaturated/α-hetero) is 1. The molecule has 2 aliphatic rings. The molecule has 0 bridgehead atoms. The van der Waals surface area contributed by atoms with E-state index in [1.807, 2.05) is 19.9 Å². The van der Waals surface area contributed by atoms with Gasteiger partial charge in [0.2, 0.25) is 0 Å². The lowest BCUT2D eigenvalue weighted by atomic mass is 9.94. The van der Waals surface area contributed by atoms with Gasteiger partial charge in [-0.3, -0.25) is 19.7 Å². The first-order valence-corrected chi connectivity index (χ1v) is 16.7. The molecule has 15 nitrogen and oxygen atoms in total. The summed E-state index contributed by atoms with van der Waals surface area (Å²) in [5.74, 6) is -2.41. The van der Waals surface area contributed by atoms with Crippen LogP contribution in [0.5, 0.6) is 0 Å². The molecule has 2 N–H and O–H groups in total. The van der Waals surface area contributed by atoms with E-state index in [1.165, 1.54) is 21.0 Å². The number of esters is 3. The zero-order valence-corrected chi connectivity index (χ0v) is 29.1. The smallest absolute Gasteiger partial charge is 0.337 e. The summed E-state index contributed by atoms with van der Waals surface area (Å²) in [6.45, 7) is 6.39. The van der Waals surface area contributed by atoms with Crippen LogP contribution in [0.15, 0.2) is 30.3 Å². The molecule has 8 unspecified atom stereocenters. The van der Waals surface area contributed by atoms with E-state index in [-0.39, 0.29) is 32.1 Å². The van der Waals surface area contributed by atoms with Crippen LogP contribution in [0.1, 0.15) is 63.7 Å². The predicted molar refractivity (Wildman–Crippen MR) is 171 cm³/mol. The standard InChI is InChI=1S/C34H51NO14/c1-7-9-16-43-28-25(35-18-23(38)22-14-12-11-13-15-22)33(42-6)47-24(19-45-20(3)36)27(28)48-34-31(46-21(4)37)29(44-17-10-8-2)26(39)30(49-34)32(40)41-5/h11-15,24-31,33-35,39H,7-10,16-19H2,1-6H3/t24?,25?,26-,27?,28?,29?,30?,31?,33-,34?/m0/s1. The Labute approximate surface area is 287 Å². The summed E-state index contributed by atoms with van der Waals surface area (Å²) < 4.78 is 52.7. The Morgan fingerprint density at radius 2 is 1.49 bits per heavy atom. The molecule has 2 heterocycles. The van der Waals surface area contributed by atoms with Gasteiger partial charge in [0.25, 0.3) is 0 Å². The van der Waals surface area contributed by atoms with Crippen molar-refractivity contribution in [3.63, 3.8) is 0 Å². The number of methoxy groups -OCH3 is 2. The fraction of sp³-hybridized carbons (Fsp3) is 0.706. The summed E-state index contributed by atoms with van der Waals surface area (Å²) in [6, 6.07) is 7.91. The third-order valence-corrected chi connectivity index (χ3v) is 8.09. The minimum atomic E-state index is -1.58. The molecule has 0 aromatic heterocycles. The van der Waals surface area contributed by atoms with Gasteiger partial charge in [0.15, 0.2) is 30.6 Å². The maximum absolute atomic E-state index is 13.1. The van der Waals surface area contributed by atoms with Crippen LogP contribution in [0, 0.1) is 0 Å². The van der Waals surface area contributed by atoms with E-state index in [1.54, 1.807) is 24.3 Å². The number of carbonyl (C=O) groups excluding carboxylic acids is 4. The lowest BCUT2D eigenvalue weighted by molar-refractivity contribution is -0.349. The fourth-order valence-electron chi connectivity index (χ4n) is 5.59. The van der Waals surface area contributed by atoms with Gasteiger partial charge < -0.3 is 47.7 Å². The number of benzene rings is 1. The molecule has 1 aromatic rings. The number of nitrogens with one attached hydrogen (secondary N) is 1. The molecule has 15 heteroatoms. The molecular formula is C34H51NO14. The summed E-state index contributed by atoms with van der Waals surface area (Å²) in [7, 11) is 2.56. The number of hydrogen-bond acceptors (Lipinski definition) is 15. The Bertz CT molecular complexity index is 1180. The number of unbranched alkanes of at least 4 members (excludes halogenated alkanes) is 2. The number of aliphatic hydroxyl groups excluding tert-OH is 1. The van der Waals surface area contributed by atoms with Crippen LogP contribution in [0.25, 0.3) is 0 Å². The van der Waals surface area contributed by atoms with E-state index in [0.29, 0.717) is 18.4 Å². The van der Waals surface area contributed by atoms with Gasteiger partial charge in [-0.2, -0.15) is 0 Å². The first-order valence-electron chi connectivity index (χ1n) is 16.7. The summed E-state index contributed by atoms with van der Waals surface area (Å²) >= 11 is 0. The Morgan fingerprint density at radius 1 is 0.837 bits per heavy atom. The monoisotopic (exact) mass is 697 g/mol. The lowest BCUT2D eigenvalue weighted by Gasteiger charge is -2.49. The minimum absolute atomic E-state index is 0.118. The van der Waals surface area contributed by atoms with Crippen molar-refractivity contribution in [2.75, 3.05) is 40.6 Å². The summed E-state index contributed by atoms with van der Waals surface area (Å²) in [4.78, 5) is 50.2. The third kappa shape index (κ3) is 11.5. The van der Waals surface area contributed by atoms with Crippen molar-refractivity contribution in [2.45, 2.75) is 115 Å². The maximum Gasteiger partial charge on any atom is 0.337 e. The number of aliphatic hydroxyl groups is 1. The van der Waals surface area contributed by atoms with Crippen LogP contribution in [-0.4, -0.2) is 131 Å². The van der Waals surface area contributed by atoms with Gasteiger partial charge in [-0.05, 0) is 12.8 Å². The average molecular weight is 698 g/mol. The number of rotatable bonds is 19. The number of carbonyl (C=O) groups is 4. The molecule has 2 fully saturated rings. The SMILES string of the molecule is CCCCOC1C(OC2OC(C(=O)OC)[C@@H](O)C(OCCCC)C2OC(C)=O)C(COC(C)=O)O[C@H](OC)C1NCC(=O)c1ccccc1. The van der Waals surface area contributed by atoms with E-state index in [2.05, 4.69) is 5.32 Å². The van der Waals surface area contributed by atoms with Gasteiger partial charge in [0, 0.05) is 39.7 Å². The predicted octanol–water partition coefficient (Wildman–Crippen LogP) is 1.71. The fourth-order valence-corrected chi connectivity index (χ4v) is 5.59. The molecule has 3 rings (SSSR count). The molecule has 10 atom stereocenters. The van der Waals surface area contributed by atoms with E-state index in [0.717, 1.165) is 20.0 Å². The number of ketones is 1. The van der Waals surface area contributed by atoms with Crippen molar-refractivity contribution in [1.82, 2.24) is 5.32 Å². The largest absolute Gasteiger partial charge is 0.467 e. The molecule has 1 aromatic carbocycles. The zero-order valence-electron chi connectivity index (χ0n) is 29.1. The summed E-state index contributed by atoms with van der Waals surface area (Å²) in [5, 5.41) is 14.4. The molecule has 0 saturated carbocycles. The summed E-state index contributed by atoms with van der Waals surface area (Å²) in [5.41, 5.74) is 0.492. The Morgan fingerprint density at radius 3 is 2.06 bits per heavy atom. The van der Waals surface area contributed by atoms with Crippen molar-refractivity contribution in [1.29, 1.82) is 0 Å². The van der Waals surface area contributed by atoms with Crippen molar-refractivity contribution in [3.05, 3.63) is 35.9 Å². The molecule has 0 radical (unpaired) electrons. The topological polar surface area (TPSA) is 184 Å². The highest BCUT2D eigenvalue weighted by atomic mass is 16.8. The van der Waals surface area contributed by atoms with Crippen LogP contribution < -0.4 is 5.32 Å². The summed E-state index contributed by atoms with van der Waals surface area (Å²) in [6.07, 6.45) is -8.53. The quantitative estimate of drug-likeness (QED) is 0.0921. The van der Waals surface area contributed by atoms with E-state index in [4.69, 9.17) is 42.6 Å². The van der Waals surface area contributed by atoms with Gasteiger partial charge in [-0.25, -0.2) is 4.79 Å². The van der Waals surface area contributed by atoms with Crippen LogP contribution in [0.2, 0.25) is 0 Å². The van der Waals surface area contributed by atoms with Crippen LogP contribution in [0.4, 0.5) is 0 Å². The molecule has 49 heavy (non-hydrogen) atoms. The lowest BCUT2D eigenvalue weighted by Crippen LogP contribution is -2.68. The molecule has 2 aliphatic heterocycles. The third-order valence-electron chi connectivity index (χ3n) is 8.09. The Kier molecular flexibility index (Phi) is 17.0. The van der Waals surface area contributed by atoms with Crippen LogP contribution >= 0.6 is 0 Å². The van der Waals surface area contributed by atoms with Crippen molar-refractivity contribution >= 4 is 23.7 Å². The first-order chi connectivity index (χ1) is 23.6. The Balaban J connectivity index is 2.05. The van der Waals surface area contributed by atoms with E-state index in [9.17, 15) is 24.3 Å². The van der Waals surface area contributed by atoms with E-state index < -0.39 is 79.3 Å². The highest BCUT2D eigenvalue weighted by Gasteiger charge is 2.55. The van der Waals surface area contributed by atoms with Gasteiger partial charge in [-0.1, -0.05) is 57.0 Å². The second kappa shape index (κ2) is 20.6. The Hall–Kier alpha value is -3.02. The highest BCUT2D eigenvalue weighted by Crippen LogP contribution is 2.34. The van der Waals surface area contributed by atoms with Crippen LogP contribution in [0.3, 0.4) is 0 Å². The molecule has 0 amide bonds. The minimum Gasteiger partial charge on any atom is -0.467 e. The normalized spacial score (nSPS) is 29.9. The highest BCUT2D eigenvalue weighted by molar-refractivity contribution is 5.97. The van der Waals surface area contributed by atoms with Gasteiger partial charge in [0.05, 0.1) is 19.7 Å². The number of hydrogen-bond donors (Lipinski definition) is 2. The van der Waals surface area contributed by atoms with E-state index >= 15 is 0 Å². The van der Waals surface area contributed by atoms with Gasteiger partial charge in [-0.15, -0.1) is 0 Å². The first kappa shape index (κ1) is 40.4. The molecule has 0 aliphatic carbocycles. The molecule has 276 valence electrons. The molecule has 0 spiro atoms. The van der Waals surface area contributed by atoms with Crippen molar-refractivity contribution < 1.29 is 66.9 Å².